The molecule has 0 aliphatic heterocycles. The van der Waals surface area contributed by atoms with Crippen molar-refractivity contribution in [1.29, 1.82) is 5.26 Å². The molecule has 0 radical (unpaired) electrons. The number of carbonyl (C=O) groups is 1. The van der Waals surface area contributed by atoms with Gasteiger partial charge in [0, 0.05) is 15.1 Å². The van der Waals surface area contributed by atoms with Crippen molar-refractivity contribution < 1.29 is 4.79 Å². The van der Waals surface area contributed by atoms with E-state index in [1.165, 1.54) is 18.2 Å². The lowest BCUT2D eigenvalue weighted by Gasteiger charge is -2.07. The molecule has 116 valence electrons. The molecule has 2 aromatic carbocycles. The number of carbonyl (C=O) groups excluding carboxylic acids is 1. The van der Waals surface area contributed by atoms with E-state index in [0.717, 1.165) is 0 Å². The van der Waals surface area contributed by atoms with Crippen LogP contribution >= 0.6 is 46.4 Å². The van der Waals surface area contributed by atoms with Crippen LogP contribution in [0.4, 0.5) is 5.69 Å². The molecule has 2 rings (SSSR count). The molecule has 0 aromatic heterocycles. The van der Waals surface area contributed by atoms with E-state index in [0.29, 0.717) is 26.3 Å². The number of hydrogen-bond donors (Lipinski definition) is 1. The molecule has 0 saturated carbocycles. The minimum Gasteiger partial charge on any atom is -0.320 e. The van der Waals surface area contributed by atoms with E-state index in [2.05, 4.69) is 5.32 Å². The standard InChI is InChI=1S/C16H8Cl4N2O/c17-11-2-1-9(13(19)6-11)5-10(8-21)16(23)22-15-4-3-12(18)7-14(15)20/h1-7H,(H,22,23)/b10-5+. The summed E-state index contributed by atoms with van der Waals surface area (Å²) in [6.07, 6.45) is 1.37. The van der Waals surface area contributed by atoms with Gasteiger partial charge in [-0.2, -0.15) is 5.26 Å². The minimum atomic E-state index is -0.609. The quantitative estimate of drug-likeness (QED) is 0.532. The highest BCUT2D eigenvalue weighted by Crippen LogP contribution is 2.27. The zero-order chi connectivity index (χ0) is 17.0. The van der Waals surface area contributed by atoms with Gasteiger partial charge in [0.1, 0.15) is 11.6 Å². The van der Waals surface area contributed by atoms with Gasteiger partial charge in [-0.1, -0.05) is 52.5 Å². The van der Waals surface area contributed by atoms with Gasteiger partial charge in [-0.25, -0.2) is 0 Å². The van der Waals surface area contributed by atoms with Crippen LogP contribution < -0.4 is 5.32 Å². The number of benzene rings is 2. The molecule has 3 nitrogen and oxygen atoms in total. The maximum Gasteiger partial charge on any atom is 0.266 e. The lowest BCUT2D eigenvalue weighted by molar-refractivity contribution is -0.112. The molecule has 0 bridgehead atoms. The van der Waals surface area contributed by atoms with E-state index >= 15 is 0 Å². The van der Waals surface area contributed by atoms with E-state index in [9.17, 15) is 10.1 Å². The van der Waals surface area contributed by atoms with Crippen LogP contribution in [0.2, 0.25) is 20.1 Å². The number of halogens is 4. The summed E-state index contributed by atoms with van der Waals surface area (Å²) in [7, 11) is 0. The maximum absolute atomic E-state index is 12.2. The van der Waals surface area contributed by atoms with Gasteiger partial charge in [-0.15, -0.1) is 0 Å². The first-order valence-electron chi connectivity index (χ1n) is 6.24. The Labute approximate surface area is 153 Å². The number of anilines is 1. The van der Waals surface area contributed by atoms with Crippen LogP contribution in [0, 0.1) is 11.3 Å². The van der Waals surface area contributed by atoms with Crippen LogP contribution in [-0.4, -0.2) is 5.91 Å². The van der Waals surface area contributed by atoms with Crippen molar-refractivity contribution in [3.8, 4) is 6.07 Å². The predicted octanol–water partition coefficient (Wildman–Crippen LogP) is 5.85. The lowest BCUT2D eigenvalue weighted by atomic mass is 10.1. The monoisotopic (exact) mass is 384 g/mol. The van der Waals surface area contributed by atoms with Crippen LogP contribution in [0.15, 0.2) is 42.0 Å². The second kappa shape index (κ2) is 7.72. The number of nitrogens with one attached hydrogen (secondary N) is 1. The summed E-state index contributed by atoms with van der Waals surface area (Å²) >= 11 is 23.6. The second-order valence-corrected chi connectivity index (χ2v) is 6.10. The Balaban J connectivity index is 2.28. The van der Waals surface area contributed by atoms with Gasteiger partial charge in [-0.05, 0) is 42.0 Å². The highest BCUT2D eigenvalue weighted by molar-refractivity contribution is 6.37. The molecule has 0 atom stereocenters. The van der Waals surface area contributed by atoms with E-state index < -0.39 is 5.91 Å². The Hall–Kier alpha value is -1.70. The molecule has 0 saturated heterocycles. The molecule has 0 unspecified atom stereocenters. The fourth-order valence-corrected chi connectivity index (χ4v) is 2.62. The van der Waals surface area contributed by atoms with Gasteiger partial charge >= 0.3 is 0 Å². The van der Waals surface area contributed by atoms with Gasteiger partial charge in [0.2, 0.25) is 0 Å². The molecule has 0 aliphatic rings. The smallest absolute Gasteiger partial charge is 0.266 e. The third-order valence-corrected chi connectivity index (χ3v) is 3.92. The molecule has 1 N–H and O–H groups in total. The van der Waals surface area contributed by atoms with Gasteiger partial charge in [0.15, 0.2) is 0 Å². The van der Waals surface area contributed by atoms with Crippen molar-refractivity contribution in [2.45, 2.75) is 0 Å². The Kier molecular flexibility index (Phi) is 5.92. The fraction of sp³-hybridized carbons (Fsp3) is 0. The van der Waals surface area contributed by atoms with Crippen molar-refractivity contribution in [1.82, 2.24) is 0 Å². The summed E-state index contributed by atoms with van der Waals surface area (Å²) in [6.45, 7) is 0. The summed E-state index contributed by atoms with van der Waals surface area (Å²) in [5.41, 5.74) is 0.731. The number of rotatable bonds is 3. The number of hydrogen-bond acceptors (Lipinski definition) is 2. The minimum absolute atomic E-state index is 0.125. The van der Waals surface area contributed by atoms with Crippen molar-refractivity contribution in [2.75, 3.05) is 5.32 Å². The summed E-state index contributed by atoms with van der Waals surface area (Å²) in [6, 6.07) is 11.2. The van der Waals surface area contributed by atoms with Gasteiger partial charge in [0.25, 0.3) is 5.91 Å². The molecular weight excluding hydrogens is 378 g/mol. The largest absolute Gasteiger partial charge is 0.320 e. The molecule has 1 amide bonds. The van der Waals surface area contributed by atoms with Crippen LogP contribution in [0.5, 0.6) is 0 Å². The van der Waals surface area contributed by atoms with Crippen LogP contribution in [0.1, 0.15) is 5.56 Å². The zero-order valence-corrected chi connectivity index (χ0v) is 14.4. The highest BCUT2D eigenvalue weighted by Gasteiger charge is 2.12. The lowest BCUT2D eigenvalue weighted by Crippen LogP contribution is -2.13. The maximum atomic E-state index is 12.2. The van der Waals surface area contributed by atoms with Gasteiger partial charge < -0.3 is 5.32 Å². The second-order valence-electron chi connectivity index (χ2n) is 4.41. The van der Waals surface area contributed by atoms with Crippen molar-refractivity contribution in [3.05, 3.63) is 67.6 Å². The molecular formula is C16H8Cl4N2O. The SMILES string of the molecule is N#C/C(=C\c1ccc(Cl)cc1Cl)C(=O)Nc1ccc(Cl)cc1Cl. The Morgan fingerprint density at radius 2 is 1.61 bits per heavy atom. The zero-order valence-electron chi connectivity index (χ0n) is 11.4. The Morgan fingerprint density at radius 3 is 2.17 bits per heavy atom. The van der Waals surface area contributed by atoms with E-state index in [4.69, 9.17) is 46.4 Å². The summed E-state index contributed by atoms with van der Waals surface area (Å²) in [4.78, 5) is 12.2. The van der Waals surface area contributed by atoms with Crippen LogP contribution in [0.25, 0.3) is 6.08 Å². The van der Waals surface area contributed by atoms with E-state index in [1.807, 2.05) is 6.07 Å². The first-order chi connectivity index (χ1) is 10.9. The highest BCUT2D eigenvalue weighted by atomic mass is 35.5. The molecule has 0 fully saturated rings. The molecule has 23 heavy (non-hydrogen) atoms. The predicted molar refractivity (Wildman–Crippen MR) is 95.1 cm³/mol. The summed E-state index contributed by atoms with van der Waals surface area (Å²) in [5, 5.41) is 13.3. The number of amides is 1. The molecule has 0 spiro atoms. The normalized spacial score (nSPS) is 11.0. The summed E-state index contributed by atoms with van der Waals surface area (Å²) in [5.74, 6) is -0.609. The molecule has 0 aliphatic carbocycles. The Morgan fingerprint density at radius 1 is 1.00 bits per heavy atom. The van der Waals surface area contributed by atoms with E-state index in [-0.39, 0.29) is 10.6 Å². The topological polar surface area (TPSA) is 52.9 Å². The molecule has 2 aromatic rings. The molecule has 0 heterocycles. The van der Waals surface area contributed by atoms with Crippen molar-refractivity contribution in [2.24, 2.45) is 0 Å². The average Bonchev–Trinajstić information content (AvgIpc) is 2.49. The number of nitrogens with zero attached hydrogens (tertiary/aromatic N) is 1. The van der Waals surface area contributed by atoms with Gasteiger partial charge in [0.05, 0.1) is 10.7 Å². The fourth-order valence-electron chi connectivity index (χ4n) is 1.70. The number of nitriles is 1. The van der Waals surface area contributed by atoms with Crippen LogP contribution in [0.3, 0.4) is 0 Å². The molecule has 7 heteroatoms. The average molecular weight is 386 g/mol. The first kappa shape index (κ1) is 17.7. The third kappa shape index (κ3) is 4.63. The van der Waals surface area contributed by atoms with Crippen LogP contribution in [-0.2, 0) is 4.79 Å². The van der Waals surface area contributed by atoms with Gasteiger partial charge in [-0.3, -0.25) is 4.79 Å². The summed E-state index contributed by atoms with van der Waals surface area (Å²) < 4.78 is 0. The third-order valence-electron chi connectivity index (χ3n) is 2.81. The van der Waals surface area contributed by atoms with Crippen molar-refractivity contribution >= 4 is 64.1 Å². The van der Waals surface area contributed by atoms with E-state index in [1.54, 1.807) is 24.3 Å². The first-order valence-corrected chi connectivity index (χ1v) is 7.75. The van der Waals surface area contributed by atoms with Crippen molar-refractivity contribution in [3.63, 3.8) is 0 Å². The Bertz CT molecular complexity index is 840.